The maximum atomic E-state index is 5.02. The van der Waals surface area contributed by atoms with Gasteiger partial charge >= 0.3 is 0 Å². The van der Waals surface area contributed by atoms with Gasteiger partial charge in [0.15, 0.2) is 0 Å². The van der Waals surface area contributed by atoms with Crippen LogP contribution in [0.15, 0.2) is 30.6 Å². The van der Waals surface area contributed by atoms with Crippen LogP contribution < -0.4 is 10.6 Å². The quantitative estimate of drug-likeness (QED) is 0.765. The van der Waals surface area contributed by atoms with Gasteiger partial charge < -0.3 is 15.4 Å². The van der Waals surface area contributed by atoms with Crippen molar-refractivity contribution < 1.29 is 4.74 Å². The van der Waals surface area contributed by atoms with Crippen molar-refractivity contribution in [2.75, 3.05) is 30.9 Å². The van der Waals surface area contributed by atoms with Gasteiger partial charge in [-0.05, 0) is 37.5 Å². The van der Waals surface area contributed by atoms with Gasteiger partial charge in [0.2, 0.25) is 0 Å². The second kappa shape index (κ2) is 7.59. The maximum Gasteiger partial charge on any atom is 0.135 e. The third-order valence-corrected chi connectivity index (χ3v) is 3.37. The van der Waals surface area contributed by atoms with Crippen molar-refractivity contribution in [3.63, 3.8) is 0 Å². The summed E-state index contributed by atoms with van der Waals surface area (Å²) in [7, 11) is 1.71. The molecule has 2 N–H and O–H groups in total. The van der Waals surface area contributed by atoms with Gasteiger partial charge in [-0.1, -0.05) is 12.1 Å². The number of hydrogen-bond donors (Lipinski definition) is 2. The molecule has 2 aromatic rings. The largest absolute Gasteiger partial charge is 0.385 e. The summed E-state index contributed by atoms with van der Waals surface area (Å²) in [6, 6.07) is 8.10. The first kappa shape index (κ1) is 15.3. The van der Waals surface area contributed by atoms with Crippen molar-refractivity contribution in [3.8, 4) is 0 Å². The molecule has 1 aromatic carbocycles. The van der Waals surface area contributed by atoms with Gasteiger partial charge in [0.1, 0.15) is 18.0 Å². The van der Waals surface area contributed by atoms with E-state index >= 15 is 0 Å². The first-order chi connectivity index (χ1) is 10.2. The van der Waals surface area contributed by atoms with E-state index in [0.29, 0.717) is 0 Å². The number of ether oxygens (including phenoxy) is 1. The predicted molar refractivity (Wildman–Crippen MR) is 86.2 cm³/mol. The highest BCUT2D eigenvalue weighted by Gasteiger charge is 2.03. The normalized spacial score (nSPS) is 10.4. The van der Waals surface area contributed by atoms with Gasteiger partial charge in [-0.15, -0.1) is 0 Å². The fourth-order valence-electron chi connectivity index (χ4n) is 1.98. The smallest absolute Gasteiger partial charge is 0.135 e. The summed E-state index contributed by atoms with van der Waals surface area (Å²) in [4.78, 5) is 8.48. The number of anilines is 3. The molecule has 112 valence electrons. The Morgan fingerprint density at radius 2 is 1.95 bits per heavy atom. The molecular weight excluding hydrogens is 264 g/mol. The van der Waals surface area contributed by atoms with E-state index in [1.54, 1.807) is 13.4 Å². The molecule has 0 saturated heterocycles. The monoisotopic (exact) mass is 286 g/mol. The van der Waals surface area contributed by atoms with E-state index in [-0.39, 0.29) is 0 Å². The van der Waals surface area contributed by atoms with E-state index in [0.717, 1.165) is 36.9 Å². The van der Waals surface area contributed by atoms with E-state index in [1.807, 2.05) is 12.1 Å². The molecule has 5 heteroatoms. The lowest BCUT2D eigenvalue weighted by Gasteiger charge is -2.11. The molecule has 0 radical (unpaired) electrons. The molecule has 5 nitrogen and oxygen atoms in total. The van der Waals surface area contributed by atoms with E-state index in [2.05, 4.69) is 46.6 Å². The van der Waals surface area contributed by atoms with Gasteiger partial charge in [0.05, 0.1) is 0 Å². The fraction of sp³-hybridized carbons (Fsp3) is 0.375. The minimum Gasteiger partial charge on any atom is -0.385 e. The predicted octanol–water partition coefficient (Wildman–Crippen LogP) is 3.29. The van der Waals surface area contributed by atoms with Gasteiger partial charge in [-0.3, -0.25) is 0 Å². The standard InChI is InChI=1S/C16H22N4O/c1-12-6-4-7-14(13(12)2)20-16-10-15(18-11-19-16)17-8-5-9-21-3/h4,6-7,10-11H,5,8-9H2,1-3H3,(H2,17,18,19,20). The lowest BCUT2D eigenvalue weighted by molar-refractivity contribution is 0.198. The zero-order valence-electron chi connectivity index (χ0n) is 12.8. The first-order valence-corrected chi connectivity index (χ1v) is 7.09. The average molecular weight is 286 g/mol. The van der Waals surface area contributed by atoms with Crippen LogP contribution in [0.4, 0.5) is 17.3 Å². The van der Waals surface area contributed by atoms with Crippen LogP contribution in [0.3, 0.4) is 0 Å². The highest BCUT2D eigenvalue weighted by molar-refractivity contribution is 5.63. The Morgan fingerprint density at radius 1 is 1.14 bits per heavy atom. The molecule has 0 spiro atoms. The Kier molecular flexibility index (Phi) is 5.51. The lowest BCUT2D eigenvalue weighted by Crippen LogP contribution is -2.07. The Balaban J connectivity index is 2.02. The molecular formula is C16H22N4O. The van der Waals surface area contributed by atoms with Crippen molar-refractivity contribution in [2.45, 2.75) is 20.3 Å². The summed E-state index contributed by atoms with van der Waals surface area (Å²) < 4.78 is 5.02. The van der Waals surface area contributed by atoms with Crippen LogP contribution in [0.2, 0.25) is 0 Å². The molecule has 0 aliphatic rings. The summed E-state index contributed by atoms with van der Waals surface area (Å²) in [6.07, 6.45) is 2.51. The van der Waals surface area contributed by atoms with Crippen LogP contribution in [0.5, 0.6) is 0 Å². The topological polar surface area (TPSA) is 59.1 Å². The number of nitrogens with one attached hydrogen (secondary N) is 2. The summed E-state index contributed by atoms with van der Waals surface area (Å²) in [6.45, 7) is 5.77. The molecule has 0 amide bonds. The molecule has 0 fully saturated rings. The molecule has 0 unspecified atom stereocenters. The number of methoxy groups -OCH3 is 1. The zero-order chi connectivity index (χ0) is 15.1. The van der Waals surface area contributed by atoms with Crippen LogP contribution in [0.1, 0.15) is 17.5 Å². The Morgan fingerprint density at radius 3 is 2.76 bits per heavy atom. The first-order valence-electron chi connectivity index (χ1n) is 7.09. The highest BCUT2D eigenvalue weighted by Crippen LogP contribution is 2.22. The van der Waals surface area contributed by atoms with Crippen molar-refractivity contribution in [1.82, 2.24) is 9.97 Å². The van der Waals surface area contributed by atoms with Crippen LogP contribution in [0.25, 0.3) is 0 Å². The molecule has 0 aliphatic heterocycles. The summed E-state index contributed by atoms with van der Waals surface area (Å²) in [5.41, 5.74) is 3.55. The number of aryl methyl sites for hydroxylation is 1. The molecule has 0 saturated carbocycles. The van der Waals surface area contributed by atoms with E-state index in [1.165, 1.54) is 11.1 Å². The molecule has 0 atom stereocenters. The summed E-state index contributed by atoms with van der Waals surface area (Å²) >= 11 is 0. The van der Waals surface area contributed by atoms with Crippen LogP contribution in [-0.4, -0.2) is 30.2 Å². The Hall–Kier alpha value is -2.14. The summed E-state index contributed by atoms with van der Waals surface area (Å²) in [5.74, 6) is 1.60. The van der Waals surface area contributed by atoms with E-state index in [9.17, 15) is 0 Å². The van der Waals surface area contributed by atoms with Gasteiger partial charge in [-0.25, -0.2) is 9.97 Å². The Bertz CT molecular complexity index is 586. The van der Waals surface area contributed by atoms with Crippen LogP contribution in [0, 0.1) is 13.8 Å². The molecule has 21 heavy (non-hydrogen) atoms. The average Bonchev–Trinajstić information content (AvgIpc) is 2.49. The van der Waals surface area contributed by atoms with E-state index in [4.69, 9.17) is 4.74 Å². The van der Waals surface area contributed by atoms with Crippen molar-refractivity contribution in [2.24, 2.45) is 0 Å². The van der Waals surface area contributed by atoms with Crippen molar-refractivity contribution in [1.29, 1.82) is 0 Å². The SMILES string of the molecule is COCCCNc1cc(Nc2cccc(C)c2C)ncn1. The molecule has 2 rings (SSSR count). The zero-order valence-corrected chi connectivity index (χ0v) is 12.8. The van der Waals surface area contributed by atoms with Crippen LogP contribution >= 0.6 is 0 Å². The number of nitrogens with zero attached hydrogens (tertiary/aromatic N) is 2. The van der Waals surface area contributed by atoms with Crippen molar-refractivity contribution >= 4 is 17.3 Å². The second-order valence-electron chi connectivity index (χ2n) is 4.93. The number of aromatic nitrogens is 2. The minimum atomic E-state index is 0.742. The van der Waals surface area contributed by atoms with Gasteiger partial charge in [-0.2, -0.15) is 0 Å². The molecule has 1 aromatic heterocycles. The van der Waals surface area contributed by atoms with Gasteiger partial charge in [0, 0.05) is 32.0 Å². The molecule has 0 bridgehead atoms. The third kappa shape index (κ3) is 4.43. The van der Waals surface area contributed by atoms with E-state index < -0.39 is 0 Å². The Labute approximate surface area is 125 Å². The number of rotatable bonds is 7. The fourth-order valence-corrected chi connectivity index (χ4v) is 1.98. The van der Waals surface area contributed by atoms with Crippen LogP contribution in [-0.2, 0) is 4.74 Å². The second-order valence-corrected chi connectivity index (χ2v) is 4.93. The number of hydrogen-bond acceptors (Lipinski definition) is 5. The molecule has 0 aliphatic carbocycles. The third-order valence-electron chi connectivity index (χ3n) is 3.37. The highest BCUT2D eigenvalue weighted by atomic mass is 16.5. The summed E-state index contributed by atoms with van der Waals surface area (Å²) in [5, 5.41) is 6.60. The lowest BCUT2D eigenvalue weighted by atomic mass is 10.1. The van der Waals surface area contributed by atoms with Gasteiger partial charge in [0.25, 0.3) is 0 Å². The molecule has 1 heterocycles. The minimum absolute atomic E-state index is 0.742. The maximum absolute atomic E-state index is 5.02. The van der Waals surface area contributed by atoms with Crippen molar-refractivity contribution in [3.05, 3.63) is 41.7 Å². The number of benzene rings is 1.